The molecule has 0 saturated heterocycles. The zero-order valence-electron chi connectivity index (χ0n) is 10.5. The summed E-state index contributed by atoms with van der Waals surface area (Å²) in [4.78, 5) is 0.264. The Morgan fingerprint density at radius 2 is 1.76 bits per heavy atom. The van der Waals surface area contributed by atoms with Crippen molar-refractivity contribution in [3.63, 3.8) is 0 Å². The first-order valence-electron chi connectivity index (χ1n) is 5.57. The lowest BCUT2D eigenvalue weighted by atomic mass is 10.2. The van der Waals surface area contributed by atoms with Crippen molar-refractivity contribution in [2.45, 2.75) is 30.3 Å². The van der Waals surface area contributed by atoms with Crippen LogP contribution in [-0.4, -0.2) is 24.2 Å². The first kappa shape index (κ1) is 17.5. The van der Waals surface area contributed by atoms with Gasteiger partial charge in [0.2, 0.25) is 0 Å². The topological polar surface area (TPSA) is 33.0 Å². The highest BCUT2D eigenvalue weighted by Gasteiger charge is 2.59. The van der Waals surface area contributed by atoms with Gasteiger partial charge in [-0.3, -0.25) is 0 Å². The van der Waals surface area contributed by atoms with Crippen LogP contribution in [-0.2, 0) is 0 Å². The van der Waals surface area contributed by atoms with Crippen LogP contribution in [0.15, 0.2) is 23.1 Å². The Morgan fingerprint density at radius 1 is 1.19 bits per heavy atom. The van der Waals surface area contributed by atoms with E-state index in [-0.39, 0.29) is 10.5 Å². The fraction of sp³-hybridized carbons (Fsp3) is 0.417. The summed E-state index contributed by atoms with van der Waals surface area (Å²) in [6.45, 7) is 1.73. The SMILES string of the molecule is CCSc1cccc(OC(C(F)(F)F)C(F)(F)F)c1C#N. The Bertz CT molecular complexity index is 520. The molecular formula is C12H9F6NOS. The number of thioether (sulfide) groups is 1. The molecule has 0 saturated carbocycles. The van der Waals surface area contributed by atoms with E-state index in [1.807, 2.05) is 0 Å². The van der Waals surface area contributed by atoms with Gasteiger partial charge in [-0.25, -0.2) is 0 Å². The van der Waals surface area contributed by atoms with Crippen LogP contribution in [0.1, 0.15) is 12.5 Å². The smallest absolute Gasteiger partial charge is 0.434 e. The fourth-order valence-corrected chi connectivity index (χ4v) is 2.22. The Kier molecular flexibility index (Phi) is 5.39. The minimum Gasteiger partial charge on any atom is -0.470 e. The van der Waals surface area contributed by atoms with Gasteiger partial charge in [-0.15, -0.1) is 11.8 Å². The molecule has 9 heteroatoms. The molecule has 0 spiro atoms. The van der Waals surface area contributed by atoms with Crippen molar-refractivity contribution in [2.24, 2.45) is 0 Å². The number of benzene rings is 1. The van der Waals surface area contributed by atoms with Crippen LogP contribution in [0.2, 0.25) is 0 Å². The third kappa shape index (κ3) is 4.46. The first-order chi connectivity index (χ1) is 9.61. The predicted octanol–water partition coefficient (Wildman–Crippen LogP) is 4.54. The molecule has 0 atom stereocenters. The van der Waals surface area contributed by atoms with Crippen LogP contribution in [0.3, 0.4) is 0 Å². The second-order valence-electron chi connectivity index (χ2n) is 3.76. The van der Waals surface area contributed by atoms with Crippen molar-refractivity contribution in [1.29, 1.82) is 5.26 Å². The molecule has 1 aromatic rings. The van der Waals surface area contributed by atoms with Crippen molar-refractivity contribution in [3.8, 4) is 11.8 Å². The molecule has 0 N–H and O–H groups in total. The van der Waals surface area contributed by atoms with E-state index in [1.54, 1.807) is 13.0 Å². The van der Waals surface area contributed by atoms with Gasteiger partial charge >= 0.3 is 12.4 Å². The minimum absolute atomic E-state index is 0.264. The molecule has 1 aromatic carbocycles. The molecule has 0 aromatic heterocycles. The second kappa shape index (κ2) is 6.47. The predicted molar refractivity (Wildman–Crippen MR) is 64.1 cm³/mol. The molecule has 1 rings (SSSR count). The van der Waals surface area contributed by atoms with E-state index < -0.39 is 24.2 Å². The van der Waals surface area contributed by atoms with E-state index in [0.29, 0.717) is 5.75 Å². The maximum Gasteiger partial charge on any atom is 0.434 e. The summed E-state index contributed by atoms with van der Waals surface area (Å²) < 4.78 is 78.8. The van der Waals surface area contributed by atoms with Crippen LogP contribution in [0.5, 0.6) is 5.75 Å². The summed E-state index contributed by atoms with van der Waals surface area (Å²) in [7, 11) is 0. The van der Waals surface area contributed by atoms with Crippen LogP contribution in [0.4, 0.5) is 26.3 Å². The summed E-state index contributed by atoms with van der Waals surface area (Å²) >= 11 is 1.12. The number of halogens is 6. The van der Waals surface area contributed by atoms with Crippen molar-refractivity contribution < 1.29 is 31.1 Å². The number of nitriles is 1. The molecule has 0 aliphatic carbocycles. The number of hydrogen-bond donors (Lipinski definition) is 0. The van der Waals surface area contributed by atoms with Gasteiger partial charge in [0.25, 0.3) is 6.10 Å². The van der Waals surface area contributed by atoms with Crippen molar-refractivity contribution in [1.82, 2.24) is 0 Å². The van der Waals surface area contributed by atoms with Gasteiger partial charge in [0, 0.05) is 4.90 Å². The minimum atomic E-state index is -5.63. The number of ether oxygens (including phenoxy) is 1. The van der Waals surface area contributed by atoms with Crippen molar-refractivity contribution in [2.75, 3.05) is 5.75 Å². The molecule has 0 aliphatic rings. The lowest BCUT2D eigenvalue weighted by Crippen LogP contribution is -2.46. The summed E-state index contributed by atoms with van der Waals surface area (Å²) in [6, 6.07) is 5.14. The van der Waals surface area contributed by atoms with Gasteiger partial charge in [-0.2, -0.15) is 31.6 Å². The summed E-state index contributed by atoms with van der Waals surface area (Å²) in [5, 5.41) is 8.94. The van der Waals surface area contributed by atoms with Gasteiger partial charge in [-0.05, 0) is 17.9 Å². The first-order valence-corrected chi connectivity index (χ1v) is 6.55. The molecule has 0 unspecified atom stereocenters. The summed E-state index contributed by atoms with van der Waals surface area (Å²) in [5.41, 5.74) is -0.345. The lowest BCUT2D eigenvalue weighted by molar-refractivity contribution is -0.299. The summed E-state index contributed by atoms with van der Waals surface area (Å²) in [5.74, 6) is -0.240. The largest absolute Gasteiger partial charge is 0.470 e. The maximum atomic E-state index is 12.5. The quantitative estimate of drug-likeness (QED) is 0.600. The van der Waals surface area contributed by atoms with E-state index in [0.717, 1.165) is 17.8 Å². The van der Waals surface area contributed by atoms with Crippen LogP contribution >= 0.6 is 11.8 Å². The van der Waals surface area contributed by atoms with E-state index in [4.69, 9.17) is 5.26 Å². The molecule has 0 fully saturated rings. The molecule has 116 valence electrons. The van der Waals surface area contributed by atoms with Gasteiger partial charge < -0.3 is 4.74 Å². The molecule has 0 heterocycles. The molecule has 21 heavy (non-hydrogen) atoms. The number of nitrogens with zero attached hydrogens (tertiary/aromatic N) is 1. The standard InChI is InChI=1S/C12H9F6NOS/c1-2-21-9-5-3-4-8(7(9)6-19)20-10(11(13,14)15)12(16,17)18/h3-5,10H,2H2,1H3. The van der Waals surface area contributed by atoms with Gasteiger partial charge in [0.15, 0.2) is 0 Å². The van der Waals surface area contributed by atoms with Crippen LogP contribution < -0.4 is 4.74 Å². The zero-order chi connectivity index (χ0) is 16.3. The third-order valence-electron chi connectivity index (χ3n) is 2.24. The highest BCUT2D eigenvalue weighted by atomic mass is 32.2. The number of alkyl halides is 6. The van der Waals surface area contributed by atoms with Gasteiger partial charge in [-0.1, -0.05) is 13.0 Å². The molecule has 0 radical (unpaired) electrons. The maximum absolute atomic E-state index is 12.5. The Hall–Kier alpha value is -1.56. The zero-order valence-corrected chi connectivity index (χ0v) is 11.4. The van der Waals surface area contributed by atoms with E-state index in [2.05, 4.69) is 4.74 Å². The Morgan fingerprint density at radius 3 is 2.19 bits per heavy atom. The molecule has 0 amide bonds. The lowest BCUT2D eigenvalue weighted by Gasteiger charge is -2.24. The van der Waals surface area contributed by atoms with Gasteiger partial charge in [0.1, 0.15) is 17.4 Å². The monoisotopic (exact) mass is 329 g/mol. The van der Waals surface area contributed by atoms with Crippen molar-refractivity contribution >= 4 is 11.8 Å². The fourth-order valence-electron chi connectivity index (χ4n) is 1.44. The highest BCUT2D eigenvalue weighted by molar-refractivity contribution is 7.99. The van der Waals surface area contributed by atoms with E-state index in [9.17, 15) is 26.3 Å². The van der Waals surface area contributed by atoms with E-state index >= 15 is 0 Å². The molecule has 0 aliphatic heterocycles. The van der Waals surface area contributed by atoms with E-state index in [1.165, 1.54) is 12.1 Å². The van der Waals surface area contributed by atoms with Gasteiger partial charge in [0.05, 0.1) is 0 Å². The Balaban J connectivity index is 3.22. The van der Waals surface area contributed by atoms with Crippen LogP contribution in [0.25, 0.3) is 0 Å². The average molecular weight is 329 g/mol. The number of hydrogen-bond acceptors (Lipinski definition) is 3. The Labute approximate surface area is 120 Å². The molecule has 2 nitrogen and oxygen atoms in total. The van der Waals surface area contributed by atoms with Crippen LogP contribution in [0, 0.1) is 11.3 Å². The van der Waals surface area contributed by atoms with Crippen molar-refractivity contribution in [3.05, 3.63) is 23.8 Å². The normalized spacial score (nSPS) is 12.3. The third-order valence-corrected chi connectivity index (χ3v) is 3.18. The number of rotatable bonds is 4. The summed E-state index contributed by atoms with van der Waals surface area (Å²) in [6.07, 6.45) is -15.2. The molecular weight excluding hydrogens is 320 g/mol. The highest BCUT2D eigenvalue weighted by Crippen LogP contribution is 2.38. The average Bonchev–Trinajstić information content (AvgIpc) is 2.33. The second-order valence-corrected chi connectivity index (χ2v) is 5.06. The molecule has 0 bridgehead atoms.